The van der Waals surface area contributed by atoms with E-state index in [0.29, 0.717) is 30.5 Å². The molecule has 1 aromatic carbocycles. The number of carbonyl (C=O) groups is 1. The van der Waals surface area contributed by atoms with Gasteiger partial charge in [0.05, 0.1) is 18.2 Å². The molecule has 0 saturated heterocycles. The van der Waals surface area contributed by atoms with Crippen LogP contribution in [0.2, 0.25) is 5.02 Å². The van der Waals surface area contributed by atoms with Crippen LogP contribution in [0, 0.1) is 5.82 Å². The summed E-state index contributed by atoms with van der Waals surface area (Å²) in [6.45, 7) is 13.0. The van der Waals surface area contributed by atoms with Crippen molar-refractivity contribution in [1.82, 2.24) is 14.9 Å². The molecule has 0 atom stereocenters. The van der Waals surface area contributed by atoms with Gasteiger partial charge in [0.2, 0.25) is 5.95 Å². The first kappa shape index (κ1) is 28.4. The number of nitrogens with zero attached hydrogens (tertiary/aromatic N) is 5. The number of hydrogen-bond acceptors (Lipinski definition) is 6. The standard InChI is InChI=1S/C28H40ClFN6O2/c1-6-38-23-13-12-22(29)25(24(23)30)35-17-20-16-32-27(33-26(20)36(28(35)37)21-10-11-21)31-14-8-7-9-15-34(18(2)3)19(4)5/h12-13,16,18-19,21H,6-11,14-15,17H2,1-5H3,(H,31,32,33). The zero-order valence-electron chi connectivity index (χ0n) is 23.1. The van der Waals surface area contributed by atoms with Crippen LogP contribution in [0.1, 0.15) is 72.3 Å². The number of carbonyl (C=O) groups excluding carboxylic acids is 1. The van der Waals surface area contributed by atoms with Gasteiger partial charge in [-0.05, 0) is 79.0 Å². The summed E-state index contributed by atoms with van der Waals surface area (Å²) >= 11 is 6.38. The number of anilines is 3. The van der Waals surface area contributed by atoms with Crippen molar-refractivity contribution >= 4 is 35.1 Å². The van der Waals surface area contributed by atoms with Crippen LogP contribution in [0.5, 0.6) is 5.75 Å². The van der Waals surface area contributed by atoms with Crippen molar-refractivity contribution < 1.29 is 13.9 Å². The number of benzene rings is 1. The number of urea groups is 1. The van der Waals surface area contributed by atoms with Crippen LogP contribution < -0.4 is 19.9 Å². The number of unbranched alkanes of at least 4 members (excludes halogenated alkanes) is 2. The maximum atomic E-state index is 15.3. The molecular weight excluding hydrogens is 507 g/mol. The highest BCUT2D eigenvalue weighted by Gasteiger charge is 2.43. The van der Waals surface area contributed by atoms with Crippen LogP contribution in [0.4, 0.5) is 26.6 Å². The highest BCUT2D eigenvalue weighted by Crippen LogP contribution is 2.42. The molecule has 0 radical (unpaired) electrons. The number of fused-ring (bicyclic) bond motifs is 1. The molecule has 1 N–H and O–H groups in total. The van der Waals surface area contributed by atoms with E-state index >= 15 is 4.39 Å². The molecule has 8 nitrogen and oxygen atoms in total. The van der Waals surface area contributed by atoms with Gasteiger partial charge in [-0.3, -0.25) is 14.7 Å². The molecule has 2 aromatic rings. The van der Waals surface area contributed by atoms with E-state index < -0.39 is 5.82 Å². The van der Waals surface area contributed by atoms with E-state index in [1.165, 1.54) is 11.0 Å². The van der Waals surface area contributed by atoms with Crippen molar-refractivity contribution in [3.63, 3.8) is 0 Å². The largest absolute Gasteiger partial charge is 0.491 e. The Labute approximate surface area is 230 Å². The molecule has 10 heteroatoms. The fourth-order valence-electron chi connectivity index (χ4n) is 5.04. The summed E-state index contributed by atoms with van der Waals surface area (Å²) in [6.07, 6.45) is 6.75. The minimum absolute atomic E-state index is 0.0228. The lowest BCUT2D eigenvalue weighted by molar-refractivity contribution is 0.171. The summed E-state index contributed by atoms with van der Waals surface area (Å²) in [5.74, 6) is 0.522. The highest BCUT2D eigenvalue weighted by atomic mass is 35.5. The molecule has 0 bridgehead atoms. The quantitative estimate of drug-likeness (QED) is 0.290. The third-order valence-electron chi connectivity index (χ3n) is 7.05. The SMILES string of the molecule is CCOc1ccc(Cl)c(N2Cc3cnc(NCCCCCN(C(C)C)C(C)C)nc3N(C3CC3)C2=O)c1F. The first-order valence-corrected chi connectivity index (χ1v) is 14.2. The summed E-state index contributed by atoms with van der Waals surface area (Å²) in [5.41, 5.74) is 0.774. The van der Waals surface area contributed by atoms with Crippen molar-refractivity contribution in [3.05, 3.63) is 34.7 Å². The molecule has 1 saturated carbocycles. The van der Waals surface area contributed by atoms with Gasteiger partial charge in [0.1, 0.15) is 11.5 Å². The van der Waals surface area contributed by atoms with E-state index in [1.54, 1.807) is 24.1 Å². The maximum Gasteiger partial charge on any atom is 0.330 e. The summed E-state index contributed by atoms with van der Waals surface area (Å²) in [7, 11) is 0. The number of rotatable bonds is 13. The third-order valence-corrected chi connectivity index (χ3v) is 7.36. The highest BCUT2D eigenvalue weighted by molar-refractivity contribution is 6.34. The molecule has 208 valence electrons. The lowest BCUT2D eigenvalue weighted by atomic mass is 10.1. The average molecular weight is 547 g/mol. The molecule has 1 aliphatic carbocycles. The molecule has 4 rings (SSSR count). The minimum Gasteiger partial charge on any atom is -0.491 e. The number of halogens is 2. The molecular formula is C28H40ClFN6O2. The Bertz CT molecular complexity index is 1120. The van der Waals surface area contributed by atoms with Crippen LogP contribution in [-0.4, -0.2) is 58.7 Å². The van der Waals surface area contributed by atoms with Crippen LogP contribution in [0.3, 0.4) is 0 Å². The minimum atomic E-state index is -0.643. The smallest absolute Gasteiger partial charge is 0.330 e. The van der Waals surface area contributed by atoms with E-state index in [-0.39, 0.29) is 35.1 Å². The van der Waals surface area contributed by atoms with Crippen molar-refractivity contribution in [1.29, 1.82) is 0 Å². The number of hydrogen-bond donors (Lipinski definition) is 1. The van der Waals surface area contributed by atoms with E-state index in [4.69, 9.17) is 21.3 Å². The fourth-order valence-corrected chi connectivity index (χ4v) is 5.29. The summed E-state index contributed by atoms with van der Waals surface area (Å²) in [6, 6.07) is 3.84. The Kier molecular flexibility index (Phi) is 9.31. The first-order valence-electron chi connectivity index (χ1n) is 13.8. The zero-order chi connectivity index (χ0) is 27.4. The lowest BCUT2D eigenvalue weighted by Crippen LogP contribution is -2.49. The van der Waals surface area contributed by atoms with E-state index in [2.05, 4.69) is 42.9 Å². The monoisotopic (exact) mass is 546 g/mol. The van der Waals surface area contributed by atoms with Gasteiger partial charge in [0, 0.05) is 36.4 Å². The van der Waals surface area contributed by atoms with Crippen LogP contribution in [0.15, 0.2) is 18.3 Å². The lowest BCUT2D eigenvalue weighted by Gasteiger charge is -2.36. The Morgan fingerprint density at radius 3 is 2.58 bits per heavy atom. The average Bonchev–Trinajstić information content (AvgIpc) is 3.70. The third kappa shape index (κ3) is 6.31. The Balaban J connectivity index is 1.44. The molecule has 2 amide bonds. The van der Waals surface area contributed by atoms with Crippen LogP contribution >= 0.6 is 11.6 Å². The number of amides is 2. The maximum absolute atomic E-state index is 15.3. The second-order valence-corrected chi connectivity index (χ2v) is 11.0. The molecule has 1 aromatic heterocycles. The van der Waals surface area contributed by atoms with Crippen LogP contribution in [0.25, 0.3) is 0 Å². The second-order valence-electron chi connectivity index (χ2n) is 10.6. The van der Waals surface area contributed by atoms with Crippen molar-refractivity contribution in [3.8, 4) is 5.75 Å². The summed E-state index contributed by atoms with van der Waals surface area (Å²) < 4.78 is 20.8. The van der Waals surface area contributed by atoms with Gasteiger partial charge < -0.3 is 10.1 Å². The van der Waals surface area contributed by atoms with Gasteiger partial charge in [-0.15, -0.1) is 0 Å². The van der Waals surface area contributed by atoms with Crippen molar-refractivity contribution in [2.45, 2.75) is 91.4 Å². The second kappa shape index (κ2) is 12.5. The number of aromatic nitrogens is 2. The van der Waals surface area contributed by atoms with Gasteiger partial charge in [0.25, 0.3) is 0 Å². The molecule has 2 heterocycles. The van der Waals surface area contributed by atoms with Gasteiger partial charge in [0.15, 0.2) is 11.6 Å². The van der Waals surface area contributed by atoms with Gasteiger partial charge in [-0.25, -0.2) is 14.2 Å². The molecule has 0 spiro atoms. The van der Waals surface area contributed by atoms with Gasteiger partial charge in [-0.2, -0.15) is 4.98 Å². The van der Waals surface area contributed by atoms with Gasteiger partial charge >= 0.3 is 6.03 Å². The molecule has 38 heavy (non-hydrogen) atoms. The topological polar surface area (TPSA) is 73.8 Å². The van der Waals surface area contributed by atoms with Crippen molar-refractivity contribution in [2.24, 2.45) is 0 Å². The number of ether oxygens (including phenoxy) is 1. The summed E-state index contributed by atoms with van der Waals surface area (Å²) in [5, 5.41) is 3.48. The summed E-state index contributed by atoms with van der Waals surface area (Å²) in [4.78, 5) is 28.4. The Hall–Kier alpha value is -2.65. The zero-order valence-corrected chi connectivity index (χ0v) is 23.9. The predicted molar refractivity (Wildman–Crippen MR) is 151 cm³/mol. The number of nitrogens with one attached hydrogen (secondary N) is 1. The Morgan fingerprint density at radius 1 is 1.18 bits per heavy atom. The van der Waals surface area contributed by atoms with Crippen molar-refractivity contribution in [2.75, 3.05) is 34.8 Å². The molecule has 0 unspecified atom stereocenters. The van der Waals surface area contributed by atoms with Gasteiger partial charge in [-0.1, -0.05) is 18.0 Å². The first-order chi connectivity index (χ1) is 18.2. The predicted octanol–water partition coefficient (Wildman–Crippen LogP) is 6.48. The van der Waals surface area contributed by atoms with E-state index in [9.17, 15) is 4.79 Å². The van der Waals surface area contributed by atoms with E-state index in [1.807, 2.05) is 0 Å². The molecule has 2 aliphatic rings. The Morgan fingerprint density at radius 2 is 1.92 bits per heavy atom. The van der Waals surface area contributed by atoms with E-state index in [0.717, 1.165) is 50.8 Å². The normalized spacial score (nSPS) is 15.6. The van der Waals surface area contributed by atoms with Crippen LogP contribution in [-0.2, 0) is 6.54 Å². The molecule has 1 aliphatic heterocycles. The fraction of sp³-hybridized carbons (Fsp3) is 0.607. The molecule has 1 fully saturated rings.